The maximum Gasteiger partial charge on any atom is 0.327 e. The standard InChI is InChI=1S/C10H12ClNO2.ClH/c1-6-5-7(3-4-8(6)11)9(12)10(13)14-2;/h3-5,9H,12H2,1-2H3;1H/t9-;/m1./s1. The zero-order chi connectivity index (χ0) is 10.7. The number of carbonyl (C=O) groups is 1. The number of methoxy groups -OCH3 is 1. The van der Waals surface area contributed by atoms with Crippen molar-refractivity contribution in [1.82, 2.24) is 0 Å². The van der Waals surface area contributed by atoms with E-state index in [2.05, 4.69) is 4.74 Å². The van der Waals surface area contributed by atoms with E-state index in [4.69, 9.17) is 17.3 Å². The Morgan fingerprint density at radius 3 is 2.60 bits per heavy atom. The van der Waals surface area contributed by atoms with Crippen LogP contribution in [-0.4, -0.2) is 13.1 Å². The Morgan fingerprint density at radius 2 is 2.13 bits per heavy atom. The molecule has 0 fully saturated rings. The van der Waals surface area contributed by atoms with Crippen molar-refractivity contribution in [2.45, 2.75) is 13.0 Å². The Labute approximate surface area is 100.0 Å². The molecule has 2 N–H and O–H groups in total. The summed E-state index contributed by atoms with van der Waals surface area (Å²) in [5, 5.41) is 0.658. The van der Waals surface area contributed by atoms with Crippen molar-refractivity contribution in [1.29, 1.82) is 0 Å². The molecule has 3 nitrogen and oxygen atoms in total. The average Bonchev–Trinajstić information content (AvgIpc) is 2.20. The lowest BCUT2D eigenvalue weighted by atomic mass is 10.1. The first-order valence-electron chi connectivity index (χ1n) is 4.15. The molecular formula is C10H13Cl2NO2. The van der Waals surface area contributed by atoms with Gasteiger partial charge >= 0.3 is 5.97 Å². The van der Waals surface area contributed by atoms with Crippen LogP contribution in [0, 0.1) is 6.92 Å². The van der Waals surface area contributed by atoms with E-state index in [0.29, 0.717) is 10.6 Å². The second-order valence-corrected chi connectivity index (χ2v) is 3.42. The first kappa shape index (κ1) is 14.2. The van der Waals surface area contributed by atoms with Crippen LogP contribution < -0.4 is 5.73 Å². The van der Waals surface area contributed by atoms with E-state index in [1.165, 1.54) is 7.11 Å². The molecule has 0 saturated heterocycles. The molecule has 0 aromatic heterocycles. The Kier molecular flexibility index (Phi) is 5.65. The Morgan fingerprint density at radius 1 is 1.53 bits per heavy atom. The minimum absolute atomic E-state index is 0. The SMILES string of the molecule is COC(=O)[C@H](N)c1ccc(Cl)c(C)c1.Cl. The summed E-state index contributed by atoms with van der Waals surface area (Å²) in [6, 6.07) is 4.48. The first-order valence-corrected chi connectivity index (χ1v) is 4.53. The second kappa shape index (κ2) is 5.95. The van der Waals surface area contributed by atoms with Crippen molar-refractivity contribution in [3.05, 3.63) is 34.3 Å². The van der Waals surface area contributed by atoms with Gasteiger partial charge in [0.2, 0.25) is 0 Å². The van der Waals surface area contributed by atoms with E-state index in [1.807, 2.05) is 6.92 Å². The summed E-state index contributed by atoms with van der Waals surface area (Å²) in [6.07, 6.45) is 0. The zero-order valence-electron chi connectivity index (χ0n) is 8.49. The second-order valence-electron chi connectivity index (χ2n) is 3.01. The molecule has 0 aliphatic carbocycles. The number of rotatable bonds is 2. The number of ether oxygens (including phenoxy) is 1. The molecule has 0 bridgehead atoms. The average molecular weight is 250 g/mol. The maximum absolute atomic E-state index is 11.1. The van der Waals surface area contributed by atoms with E-state index < -0.39 is 12.0 Å². The first-order chi connectivity index (χ1) is 6.56. The number of esters is 1. The minimum Gasteiger partial charge on any atom is -0.468 e. The predicted octanol–water partition coefficient (Wildman–Crippen LogP) is 2.24. The van der Waals surface area contributed by atoms with Gasteiger partial charge in [0.15, 0.2) is 0 Å². The largest absolute Gasteiger partial charge is 0.468 e. The van der Waals surface area contributed by atoms with Crippen molar-refractivity contribution in [2.75, 3.05) is 7.11 Å². The molecule has 5 heteroatoms. The summed E-state index contributed by atoms with van der Waals surface area (Å²) in [7, 11) is 1.31. The van der Waals surface area contributed by atoms with Crippen LogP contribution in [0.1, 0.15) is 17.2 Å². The molecule has 0 saturated carbocycles. The van der Waals surface area contributed by atoms with Crippen molar-refractivity contribution >= 4 is 30.0 Å². The Balaban J connectivity index is 0.00000196. The van der Waals surface area contributed by atoms with Crippen LogP contribution in [0.2, 0.25) is 5.02 Å². The maximum atomic E-state index is 11.1. The number of nitrogens with two attached hydrogens (primary N) is 1. The summed E-state index contributed by atoms with van der Waals surface area (Å²) < 4.78 is 4.54. The molecule has 0 aliphatic rings. The third-order valence-corrected chi connectivity index (χ3v) is 2.42. The van der Waals surface area contributed by atoms with E-state index in [9.17, 15) is 4.79 Å². The van der Waals surface area contributed by atoms with Crippen LogP contribution in [-0.2, 0) is 9.53 Å². The van der Waals surface area contributed by atoms with Gasteiger partial charge in [-0.1, -0.05) is 23.7 Å². The highest BCUT2D eigenvalue weighted by atomic mass is 35.5. The molecule has 1 rings (SSSR count). The van der Waals surface area contributed by atoms with Gasteiger partial charge in [0.1, 0.15) is 6.04 Å². The van der Waals surface area contributed by atoms with Crippen molar-refractivity contribution in [3.63, 3.8) is 0 Å². The quantitative estimate of drug-likeness (QED) is 0.819. The summed E-state index contributed by atoms with van der Waals surface area (Å²) >= 11 is 5.84. The predicted molar refractivity (Wildman–Crippen MR) is 62.4 cm³/mol. The molecule has 1 atom stereocenters. The van der Waals surface area contributed by atoms with Gasteiger partial charge in [0.25, 0.3) is 0 Å². The lowest BCUT2D eigenvalue weighted by molar-refractivity contribution is -0.142. The van der Waals surface area contributed by atoms with E-state index in [1.54, 1.807) is 18.2 Å². The van der Waals surface area contributed by atoms with Crippen LogP contribution in [0.4, 0.5) is 0 Å². The normalized spacial score (nSPS) is 11.5. The Bertz CT molecular complexity index is 355. The number of hydrogen-bond donors (Lipinski definition) is 1. The van der Waals surface area contributed by atoms with Crippen molar-refractivity contribution in [2.24, 2.45) is 5.73 Å². The van der Waals surface area contributed by atoms with Gasteiger partial charge in [-0.25, -0.2) is 0 Å². The fraction of sp³-hybridized carbons (Fsp3) is 0.300. The van der Waals surface area contributed by atoms with Crippen molar-refractivity contribution in [3.8, 4) is 0 Å². The van der Waals surface area contributed by atoms with Crippen LogP contribution in [0.25, 0.3) is 0 Å². The molecule has 0 spiro atoms. The van der Waals surface area contributed by atoms with Gasteiger partial charge in [0.05, 0.1) is 7.11 Å². The highest BCUT2D eigenvalue weighted by molar-refractivity contribution is 6.31. The van der Waals surface area contributed by atoms with Crippen LogP contribution in [0.15, 0.2) is 18.2 Å². The molecule has 15 heavy (non-hydrogen) atoms. The summed E-state index contributed by atoms with van der Waals surface area (Å²) in [6.45, 7) is 1.86. The van der Waals surface area contributed by atoms with Crippen LogP contribution >= 0.6 is 24.0 Å². The molecule has 0 heterocycles. The Hall–Kier alpha value is -0.770. The van der Waals surface area contributed by atoms with Gasteiger partial charge < -0.3 is 10.5 Å². The lowest BCUT2D eigenvalue weighted by Crippen LogP contribution is -2.22. The molecule has 0 radical (unpaired) electrons. The van der Waals surface area contributed by atoms with Gasteiger partial charge in [0, 0.05) is 5.02 Å². The molecular weight excluding hydrogens is 237 g/mol. The summed E-state index contributed by atoms with van der Waals surface area (Å²) in [4.78, 5) is 11.1. The monoisotopic (exact) mass is 249 g/mol. The van der Waals surface area contributed by atoms with Crippen LogP contribution in [0.5, 0.6) is 0 Å². The summed E-state index contributed by atoms with van der Waals surface area (Å²) in [5.74, 6) is -0.452. The fourth-order valence-electron chi connectivity index (χ4n) is 1.12. The van der Waals surface area contributed by atoms with E-state index in [0.717, 1.165) is 5.56 Å². The summed E-state index contributed by atoms with van der Waals surface area (Å²) in [5.41, 5.74) is 7.25. The zero-order valence-corrected chi connectivity index (χ0v) is 10.1. The molecule has 0 amide bonds. The third kappa shape index (κ3) is 3.38. The number of hydrogen-bond acceptors (Lipinski definition) is 3. The van der Waals surface area contributed by atoms with Gasteiger partial charge in [-0.2, -0.15) is 0 Å². The molecule has 84 valence electrons. The van der Waals surface area contributed by atoms with Gasteiger partial charge in [-0.15, -0.1) is 12.4 Å². The molecule has 0 aliphatic heterocycles. The van der Waals surface area contributed by atoms with E-state index in [-0.39, 0.29) is 12.4 Å². The topological polar surface area (TPSA) is 52.3 Å². The number of carbonyl (C=O) groups excluding carboxylic acids is 1. The molecule has 1 aromatic carbocycles. The number of benzene rings is 1. The highest BCUT2D eigenvalue weighted by Crippen LogP contribution is 2.20. The fourth-order valence-corrected chi connectivity index (χ4v) is 1.24. The van der Waals surface area contributed by atoms with Gasteiger partial charge in [-0.3, -0.25) is 4.79 Å². The molecule has 1 aromatic rings. The number of halogens is 2. The third-order valence-electron chi connectivity index (χ3n) is 2.00. The highest BCUT2D eigenvalue weighted by Gasteiger charge is 2.16. The van der Waals surface area contributed by atoms with E-state index >= 15 is 0 Å². The molecule has 0 unspecified atom stereocenters. The smallest absolute Gasteiger partial charge is 0.327 e. The van der Waals surface area contributed by atoms with Crippen LogP contribution in [0.3, 0.4) is 0 Å². The van der Waals surface area contributed by atoms with Gasteiger partial charge in [-0.05, 0) is 24.1 Å². The minimum atomic E-state index is -0.740. The number of aryl methyl sites for hydroxylation is 1. The lowest BCUT2D eigenvalue weighted by Gasteiger charge is -2.10. The van der Waals surface area contributed by atoms with Crippen molar-refractivity contribution < 1.29 is 9.53 Å².